The smallest absolute Gasteiger partial charge is 0.264 e. The third-order valence-electron chi connectivity index (χ3n) is 3.57. The van der Waals surface area contributed by atoms with Crippen LogP contribution in [-0.4, -0.2) is 36.0 Å². The lowest BCUT2D eigenvalue weighted by Crippen LogP contribution is -2.53. The standard InChI is InChI=1S/C14H19N5O/c15-14-11-19(16-20-14)12-18-8-6-17(7-9-18)10-13-4-2-1-3-5-13/h1-5,11,15H,6-10,12H2. The summed E-state index contributed by atoms with van der Waals surface area (Å²) in [5, 5.41) is 11.1. The lowest BCUT2D eigenvalue weighted by Gasteiger charge is -2.33. The van der Waals surface area contributed by atoms with Crippen LogP contribution < -0.4 is 15.5 Å². The summed E-state index contributed by atoms with van der Waals surface area (Å²) < 4.78 is 6.42. The zero-order valence-electron chi connectivity index (χ0n) is 11.4. The van der Waals surface area contributed by atoms with E-state index in [1.165, 1.54) is 5.56 Å². The molecule has 20 heavy (non-hydrogen) atoms. The first-order chi connectivity index (χ1) is 9.79. The van der Waals surface area contributed by atoms with Gasteiger partial charge in [-0.2, -0.15) is 0 Å². The van der Waals surface area contributed by atoms with Crippen LogP contribution in [0.2, 0.25) is 0 Å². The Labute approximate surface area is 117 Å². The first-order valence-electron chi connectivity index (χ1n) is 6.86. The van der Waals surface area contributed by atoms with Gasteiger partial charge in [0.05, 0.1) is 0 Å². The van der Waals surface area contributed by atoms with Gasteiger partial charge in [0.15, 0.2) is 6.67 Å². The molecular weight excluding hydrogens is 254 g/mol. The van der Waals surface area contributed by atoms with E-state index in [9.17, 15) is 0 Å². The van der Waals surface area contributed by atoms with E-state index in [0.29, 0.717) is 6.67 Å². The van der Waals surface area contributed by atoms with Crippen molar-refractivity contribution in [2.45, 2.75) is 13.2 Å². The number of hydrogen-bond acceptors (Lipinski definition) is 4. The molecule has 0 saturated carbocycles. The second kappa shape index (κ2) is 6.02. The molecule has 106 valence electrons. The van der Waals surface area contributed by atoms with Crippen LogP contribution in [0.1, 0.15) is 5.56 Å². The zero-order chi connectivity index (χ0) is 13.8. The van der Waals surface area contributed by atoms with Gasteiger partial charge in [-0.3, -0.25) is 15.6 Å². The van der Waals surface area contributed by atoms with E-state index in [4.69, 9.17) is 9.93 Å². The van der Waals surface area contributed by atoms with E-state index < -0.39 is 0 Å². The van der Waals surface area contributed by atoms with E-state index in [1.54, 1.807) is 10.9 Å². The number of piperazine rings is 1. The highest BCUT2D eigenvalue weighted by atomic mass is 16.5. The maximum Gasteiger partial charge on any atom is 0.264 e. The molecule has 2 heterocycles. The monoisotopic (exact) mass is 273 g/mol. The Morgan fingerprint density at radius 3 is 2.45 bits per heavy atom. The largest absolute Gasteiger partial charge is 0.487 e. The molecule has 0 spiro atoms. The molecular formula is C14H19N5O. The second-order valence-corrected chi connectivity index (χ2v) is 5.13. The van der Waals surface area contributed by atoms with Crippen LogP contribution >= 0.6 is 0 Å². The topological polar surface area (TPSA) is 61.5 Å². The van der Waals surface area contributed by atoms with Crippen molar-refractivity contribution in [1.82, 2.24) is 15.1 Å². The minimum absolute atomic E-state index is 0.104. The molecule has 3 rings (SSSR count). The Hall–Kier alpha value is -1.92. The molecule has 0 amide bonds. The van der Waals surface area contributed by atoms with Crippen LogP contribution in [0.5, 0.6) is 0 Å². The highest BCUT2D eigenvalue weighted by molar-refractivity contribution is 5.14. The fourth-order valence-corrected chi connectivity index (χ4v) is 2.48. The Balaban J connectivity index is 1.48. The van der Waals surface area contributed by atoms with Crippen molar-refractivity contribution in [2.24, 2.45) is 0 Å². The minimum Gasteiger partial charge on any atom is -0.487 e. The normalized spacial score (nSPS) is 17.4. The molecule has 0 radical (unpaired) electrons. The number of nitrogens with zero attached hydrogens (tertiary/aromatic N) is 4. The van der Waals surface area contributed by atoms with Gasteiger partial charge in [-0.25, -0.2) is 9.58 Å². The van der Waals surface area contributed by atoms with Crippen molar-refractivity contribution in [3.63, 3.8) is 0 Å². The minimum atomic E-state index is 0.104. The molecule has 1 aliphatic rings. The van der Waals surface area contributed by atoms with Crippen LogP contribution in [0.25, 0.3) is 0 Å². The van der Waals surface area contributed by atoms with E-state index in [1.807, 2.05) is 0 Å². The van der Waals surface area contributed by atoms with Gasteiger partial charge in [0.25, 0.3) is 5.55 Å². The Morgan fingerprint density at radius 1 is 1.10 bits per heavy atom. The second-order valence-electron chi connectivity index (χ2n) is 5.13. The Kier molecular flexibility index (Phi) is 3.94. The van der Waals surface area contributed by atoms with Crippen LogP contribution in [-0.2, 0) is 13.2 Å². The predicted octanol–water partition coefficient (Wildman–Crippen LogP) is -0.221. The molecule has 1 N–H and O–H groups in total. The van der Waals surface area contributed by atoms with Crippen LogP contribution in [0.15, 0.2) is 41.1 Å². The number of nitrogens with one attached hydrogen (secondary N) is 1. The van der Waals surface area contributed by atoms with Crippen molar-refractivity contribution < 1.29 is 9.20 Å². The van der Waals surface area contributed by atoms with Gasteiger partial charge in [0.2, 0.25) is 6.20 Å². The van der Waals surface area contributed by atoms with E-state index in [0.717, 1.165) is 32.7 Å². The maximum absolute atomic E-state index is 7.31. The summed E-state index contributed by atoms with van der Waals surface area (Å²) in [5.41, 5.74) is 1.47. The molecule has 0 aliphatic carbocycles. The highest BCUT2D eigenvalue weighted by Crippen LogP contribution is 2.07. The molecule has 1 fully saturated rings. The molecule has 6 heteroatoms. The summed E-state index contributed by atoms with van der Waals surface area (Å²) in [6, 6.07) is 10.6. The van der Waals surface area contributed by atoms with Gasteiger partial charge < -0.3 is 4.52 Å². The quantitative estimate of drug-likeness (QED) is 0.782. The SMILES string of the molecule is N=c1c[n+](CN2CCN(Cc3ccccc3)CC2)[n-]o1. The van der Waals surface area contributed by atoms with Crippen LogP contribution in [0, 0.1) is 5.41 Å². The summed E-state index contributed by atoms with van der Waals surface area (Å²) in [6.45, 7) is 5.85. The summed E-state index contributed by atoms with van der Waals surface area (Å²) in [4.78, 5) is 4.79. The first kappa shape index (κ1) is 13.1. The van der Waals surface area contributed by atoms with Crippen molar-refractivity contribution in [1.29, 1.82) is 5.41 Å². The fourth-order valence-electron chi connectivity index (χ4n) is 2.48. The highest BCUT2D eigenvalue weighted by Gasteiger charge is 2.18. The van der Waals surface area contributed by atoms with E-state index in [-0.39, 0.29) is 5.55 Å². The lowest BCUT2D eigenvalue weighted by atomic mass is 10.2. The van der Waals surface area contributed by atoms with Gasteiger partial charge >= 0.3 is 0 Å². The first-order valence-corrected chi connectivity index (χ1v) is 6.86. The molecule has 1 aromatic heterocycles. The van der Waals surface area contributed by atoms with Gasteiger partial charge in [-0.15, -0.1) is 0 Å². The number of hydrogen-bond donors (Lipinski definition) is 1. The summed E-state index contributed by atoms with van der Waals surface area (Å²) in [7, 11) is 0. The fraction of sp³-hybridized carbons (Fsp3) is 0.429. The maximum atomic E-state index is 7.31. The number of rotatable bonds is 4. The van der Waals surface area contributed by atoms with Gasteiger partial charge in [-0.05, 0) is 5.56 Å². The summed E-state index contributed by atoms with van der Waals surface area (Å²) in [5.74, 6) is 0. The number of aromatic nitrogens is 2. The van der Waals surface area contributed by atoms with Gasteiger partial charge in [0, 0.05) is 32.7 Å². The van der Waals surface area contributed by atoms with Gasteiger partial charge in [-0.1, -0.05) is 30.3 Å². The molecule has 6 nitrogen and oxygen atoms in total. The van der Waals surface area contributed by atoms with E-state index >= 15 is 0 Å². The average Bonchev–Trinajstić information content (AvgIpc) is 2.88. The molecule has 1 saturated heterocycles. The van der Waals surface area contributed by atoms with Crippen molar-refractivity contribution in [2.75, 3.05) is 26.2 Å². The molecule has 1 aromatic carbocycles. The lowest BCUT2D eigenvalue weighted by molar-refractivity contribution is -0.783. The average molecular weight is 273 g/mol. The molecule has 0 unspecified atom stereocenters. The molecule has 0 atom stereocenters. The molecule has 0 bridgehead atoms. The van der Waals surface area contributed by atoms with Gasteiger partial charge in [0.1, 0.15) is 0 Å². The molecule has 1 aliphatic heterocycles. The van der Waals surface area contributed by atoms with E-state index in [2.05, 4.69) is 45.4 Å². The zero-order valence-corrected chi connectivity index (χ0v) is 11.4. The third-order valence-corrected chi connectivity index (χ3v) is 3.57. The van der Waals surface area contributed by atoms with Crippen molar-refractivity contribution in [3.05, 3.63) is 47.6 Å². The summed E-state index contributed by atoms with van der Waals surface area (Å²) in [6.07, 6.45) is 1.61. The summed E-state index contributed by atoms with van der Waals surface area (Å²) >= 11 is 0. The van der Waals surface area contributed by atoms with Crippen molar-refractivity contribution >= 4 is 0 Å². The third kappa shape index (κ3) is 3.34. The van der Waals surface area contributed by atoms with Crippen molar-refractivity contribution in [3.8, 4) is 0 Å². The predicted molar refractivity (Wildman–Crippen MR) is 71.4 cm³/mol. The molecule has 2 aromatic rings. The Bertz CT molecular complexity index is 583. The van der Waals surface area contributed by atoms with Crippen LogP contribution in [0.3, 0.4) is 0 Å². The van der Waals surface area contributed by atoms with Crippen LogP contribution in [0.4, 0.5) is 0 Å². The number of benzene rings is 1. The Morgan fingerprint density at radius 2 is 1.80 bits per heavy atom.